The Bertz CT molecular complexity index is 1250. The summed E-state index contributed by atoms with van der Waals surface area (Å²) in [5, 5.41) is 3.52. The first-order valence-corrected chi connectivity index (χ1v) is 12.5. The first-order chi connectivity index (χ1) is 15.8. The van der Waals surface area contributed by atoms with Crippen LogP contribution in [-0.2, 0) is 16.6 Å². The Morgan fingerprint density at radius 3 is 2.42 bits per heavy atom. The summed E-state index contributed by atoms with van der Waals surface area (Å²) in [7, 11) is -0.722. The Labute approximate surface area is 199 Å². The van der Waals surface area contributed by atoms with Crippen molar-refractivity contribution in [3.63, 3.8) is 0 Å². The average molecular weight is 488 g/mol. The van der Waals surface area contributed by atoms with Crippen molar-refractivity contribution >= 4 is 33.2 Å². The van der Waals surface area contributed by atoms with Crippen molar-refractivity contribution < 1.29 is 17.6 Å². The minimum Gasteiger partial charge on any atom is -0.459 e. The van der Waals surface area contributed by atoms with Gasteiger partial charge in [-0.1, -0.05) is 11.6 Å². The molecular formula is C24H26ClN3O4S. The minimum atomic E-state index is -3.66. The van der Waals surface area contributed by atoms with Crippen LogP contribution in [0.5, 0.6) is 0 Å². The first-order valence-electron chi connectivity index (χ1n) is 10.7. The molecule has 0 radical (unpaired) electrons. The molecule has 9 heteroatoms. The van der Waals surface area contributed by atoms with Crippen LogP contribution in [-0.4, -0.2) is 45.8 Å². The number of carbonyl (C=O) groups is 1. The number of furan rings is 1. The van der Waals surface area contributed by atoms with Crippen LogP contribution in [0.15, 0.2) is 63.9 Å². The average Bonchev–Trinajstić information content (AvgIpc) is 3.50. The number of rotatable bonds is 7. The molecule has 0 unspecified atom stereocenters. The Balaban J connectivity index is 1.56. The van der Waals surface area contributed by atoms with E-state index in [9.17, 15) is 13.2 Å². The maximum Gasteiger partial charge on any atom is 0.253 e. The number of nitrogens with one attached hydrogen (secondary N) is 1. The quantitative estimate of drug-likeness (QED) is 0.534. The fraction of sp³-hybridized carbons (Fsp3) is 0.292. The van der Waals surface area contributed by atoms with E-state index in [2.05, 4.69) is 10.2 Å². The third-order valence-electron chi connectivity index (χ3n) is 5.65. The number of carbonyl (C=O) groups excluding carboxylic acids is 1. The molecule has 3 aromatic rings. The monoisotopic (exact) mass is 487 g/mol. The highest BCUT2D eigenvalue weighted by Gasteiger charge is 2.24. The molecule has 0 saturated carbocycles. The molecule has 2 heterocycles. The van der Waals surface area contributed by atoms with Crippen LogP contribution >= 0.6 is 11.6 Å². The Morgan fingerprint density at radius 2 is 1.76 bits per heavy atom. The van der Waals surface area contributed by atoms with Crippen molar-refractivity contribution in [1.29, 1.82) is 0 Å². The second kappa shape index (κ2) is 9.59. The van der Waals surface area contributed by atoms with Gasteiger partial charge in [-0.05, 0) is 67.4 Å². The third kappa shape index (κ3) is 5.08. The van der Waals surface area contributed by atoms with Gasteiger partial charge in [0.2, 0.25) is 10.0 Å². The highest BCUT2D eigenvalue weighted by atomic mass is 35.5. The van der Waals surface area contributed by atoms with Crippen LogP contribution in [0.3, 0.4) is 0 Å². The van der Waals surface area contributed by atoms with E-state index < -0.39 is 10.0 Å². The van der Waals surface area contributed by atoms with Crippen molar-refractivity contribution in [3.05, 3.63) is 70.9 Å². The maximum absolute atomic E-state index is 13.2. The molecule has 33 heavy (non-hydrogen) atoms. The number of anilines is 1. The summed E-state index contributed by atoms with van der Waals surface area (Å²) in [6.45, 7) is 1.85. The van der Waals surface area contributed by atoms with Crippen LogP contribution in [0.4, 0.5) is 5.69 Å². The van der Waals surface area contributed by atoms with Gasteiger partial charge in [0, 0.05) is 43.5 Å². The Kier molecular flexibility index (Phi) is 6.78. The molecule has 2 aromatic carbocycles. The van der Waals surface area contributed by atoms with Crippen LogP contribution in [0.1, 0.15) is 29.0 Å². The number of amides is 1. The van der Waals surface area contributed by atoms with E-state index in [1.807, 2.05) is 18.2 Å². The number of benzene rings is 2. The lowest BCUT2D eigenvalue weighted by molar-refractivity contribution is 0.0948. The topological polar surface area (TPSA) is 82.9 Å². The molecule has 1 fully saturated rings. The smallest absolute Gasteiger partial charge is 0.253 e. The molecule has 1 saturated heterocycles. The van der Waals surface area contributed by atoms with Gasteiger partial charge < -0.3 is 14.6 Å². The van der Waals surface area contributed by atoms with Gasteiger partial charge in [-0.3, -0.25) is 4.79 Å². The van der Waals surface area contributed by atoms with E-state index in [1.54, 1.807) is 30.3 Å². The lowest BCUT2D eigenvalue weighted by Crippen LogP contribution is -2.28. The van der Waals surface area contributed by atoms with E-state index in [1.165, 1.54) is 20.2 Å². The molecule has 0 atom stereocenters. The number of nitrogens with zero attached hydrogens (tertiary/aromatic N) is 2. The summed E-state index contributed by atoms with van der Waals surface area (Å²) in [6.07, 6.45) is 2.08. The van der Waals surface area contributed by atoms with Gasteiger partial charge in [0.25, 0.3) is 5.91 Å². The van der Waals surface area contributed by atoms with Crippen molar-refractivity contribution in [2.75, 3.05) is 32.1 Å². The maximum atomic E-state index is 13.2. The van der Waals surface area contributed by atoms with E-state index in [-0.39, 0.29) is 17.3 Å². The fourth-order valence-electron chi connectivity index (χ4n) is 3.81. The Hall–Kier alpha value is -2.81. The molecule has 7 nitrogen and oxygen atoms in total. The predicted octanol–water partition coefficient (Wildman–Crippen LogP) is 4.38. The molecule has 1 aromatic heterocycles. The summed E-state index contributed by atoms with van der Waals surface area (Å²) in [5.41, 5.74) is 1.96. The van der Waals surface area contributed by atoms with Crippen LogP contribution in [0.2, 0.25) is 5.02 Å². The van der Waals surface area contributed by atoms with Crippen molar-refractivity contribution in [3.8, 4) is 11.3 Å². The number of hydrogen-bond acceptors (Lipinski definition) is 5. The molecular weight excluding hydrogens is 462 g/mol. The van der Waals surface area contributed by atoms with Gasteiger partial charge >= 0.3 is 0 Å². The standard InChI is InChI=1S/C24H26ClN3O4S/c1-27(2)33(30,31)20-10-11-22(28-13-3-4-14-28)21(15-20)24(29)26-16-19-9-12-23(32-19)17-5-7-18(25)8-6-17/h5-12,15H,3-4,13-14,16H2,1-2H3,(H,26,29). The molecule has 1 N–H and O–H groups in total. The molecule has 0 spiro atoms. The largest absolute Gasteiger partial charge is 0.459 e. The van der Waals surface area contributed by atoms with Gasteiger partial charge in [-0.2, -0.15) is 0 Å². The number of sulfonamides is 1. The molecule has 1 aliphatic rings. The van der Waals surface area contributed by atoms with Gasteiger partial charge in [-0.25, -0.2) is 12.7 Å². The molecule has 0 aliphatic carbocycles. The zero-order chi connectivity index (χ0) is 23.6. The molecule has 174 valence electrons. The second-order valence-corrected chi connectivity index (χ2v) is 10.7. The van der Waals surface area contributed by atoms with Crippen LogP contribution < -0.4 is 10.2 Å². The first kappa shape index (κ1) is 23.4. The van der Waals surface area contributed by atoms with Crippen molar-refractivity contribution in [2.45, 2.75) is 24.3 Å². The van der Waals surface area contributed by atoms with E-state index in [4.69, 9.17) is 16.0 Å². The zero-order valence-electron chi connectivity index (χ0n) is 18.5. The van der Waals surface area contributed by atoms with Crippen molar-refractivity contribution in [2.24, 2.45) is 0 Å². The zero-order valence-corrected chi connectivity index (χ0v) is 20.1. The summed E-state index contributed by atoms with van der Waals surface area (Å²) < 4.78 is 32.3. The summed E-state index contributed by atoms with van der Waals surface area (Å²) in [6, 6.07) is 15.7. The van der Waals surface area contributed by atoms with Gasteiger partial charge in [0.05, 0.1) is 17.0 Å². The lowest BCUT2D eigenvalue weighted by Gasteiger charge is -2.22. The van der Waals surface area contributed by atoms with Crippen LogP contribution in [0, 0.1) is 0 Å². The molecule has 0 bridgehead atoms. The van der Waals surface area contributed by atoms with Gasteiger partial charge in [0.1, 0.15) is 11.5 Å². The highest BCUT2D eigenvalue weighted by Crippen LogP contribution is 2.29. The summed E-state index contributed by atoms with van der Waals surface area (Å²) in [4.78, 5) is 15.4. The summed E-state index contributed by atoms with van der Waals surface area (Å²) in [5.74, 6) is 0.915. The number of halogens is 1. The molecule has 1 aliphatic heterocycles. The van der Waals surface area contributed by atoms with E-state index in [0.717, 1.165) is 41.5 Å². The van der Waals surface area contributed by atoms with Crippen molar-refractivity contribution in [1.82, 2.24) is 9.62 Å². The van der Waals surface area contributed by atoms with Gasteiger partial charge in [0.15, 0.2) is 0 Å². The van der Waals surface area contributed by atoms with E-state index in [0.29, 0.717) is 22.1 Å². The molecule has 1 amide bonds. The second-order valence-electron chi connectivity index (χ2n) is 8.12. The summed E-state index contributed by atoms with van der Waals surface area (Å²) >= 11 is 5.94. The predicted molar refractivity (Wildman–Crippen MR) is 129 cm³/mol. The minimum absolute atomic E-state index is 0.0867. The number of hydrogen-bond donors (Lipinski definition) is 1. The fourth-order valence-corrected chi connectivity index (χ4v) is 4.86. The third-order valence-corrected chi connectivity index (χ3v) is 7.71. The normalized spacial score (nSPS) is 14.1. The highest BCUT2D eigenvalue weighted by molar-refractivity contribution is 7.89. The lowest BCUT2D eigenvalue weighted by atomic mass is 10.1. The SMILES string of the molecule is CN(C)S(=O)(=O)c1ccc(N2CCCC2)c(C(=O)NCc2ccc(-c3ccc(Cl)cc3)o2)c1. The van der Waals surface area contributed by atoms with Crippen LogP contribution in [0.25, 0.3) is 11.3 Å². The molecule has 4 rings (SSSR count). The van der Waals surface area contributed by atoms with E-state index >= 15 is 0 Å². The Morgan fingerprint density at radius 1 is 1.06 bits per heavy atom. The van der Waals surface area contributed by atoms with Gasteiger partial charge in [-0.15, -0.1) is 0 Å².